The molecular weight excluding hydrogens is 463 g/mol. The number of rotatable bonds is 8. The number of para-hydroxylation sites is 1. The van der Waals surface area contributed by atoms with E-state index >= 15 is 0 Å². The van der Waals surface area contributed by atoms with Crippen LogP contribution in [-0.4, -0.2) is 41.4 Å². The molecular formula is C20H22F3N5O4S. The number of alkyl halides is 3. The highest BCUT2D eigenvalue weighted by molar-refractivity contribution is 7.85. The van der Waals surface area contributed by atoms with Crippen molar-refractivity contribution in [1.29, 1.82) is 0 Å². The summed E-state index contributed by atoms with van der Waals surface area (Å²) in [6.45, 7) is 0. The van der Waals surface area contributed by atoms with E-state index in [1.54, 1.807) is 0 Å². The summed E-state index contributed by atoms with van der Waals surface area (Å²) in [6, 6.07) is 4.75. The first-order valence-electron chi connectivity index (χ1n) is 9.71. The molecule has 0 bridgehead atoms. The highest BCUT2D eigenvalue weighted by atomic mass is 32.2. The van der Waals surface area contributed by atoms with Crippen molar-refractivity contribution in [2.75, 3.05) is 35.4 Å². The summed E-state index contributed by atoms with van der Waals surface area (Å²) in [6.07, 6.45) is -0.794. The number of aromatic nitrogens is 1. The Morgan fingerprint density at radius 2 is 1.94 bits per heavy atom. The highest BCUT2D eigenvalue weighted by Crippen LogP contribution is 2.42. The van der Waals surface area contributed by atoms with E-state index in [-0.39, 0.29) is 40.3 Å². The van der Waals surface area contributed by atoms with Gasteiger partial charge in [-0.05, 0) is 25.0 Å². The molecule has 1 aromatic heterocycles. The molecule has 13 heteroatoms. The molecule has 0 spiro atoms. The molecule has 3 N–H and O–H groups in total. The molecule has 1 aliphatic carbocycles. The number of halogens is 3. The quantitative estimate of drug-likeness (QED) is 0.495. The lowest BCUT2D eigenvalue weighted by molar-refractivity contribution is -0.137. The van der Waals surface area contributed by atoms with Crippen LogP contribution in [0.25, 0.3) is 0 Å². The Labute approximate surface area is 190 Å². The van der Waals surface area contributed by atoms with Crippen molar-refractivity contribution in [2.24, 2.45) is 5.92 Å². The van der Waals surface area contributed by atoms with E-state index in [9.17, 15) is 27.0 Å². The first-order valence-corrected chi connectivity index (χ1v) is 11.2. The zero-order valence-corrected chi connectivity index (χ0v) is 18.8. The molecule has 0 saturated heterocycles. The van der Waals surface area contributed by atoms with Crippen molar-refractivity contribution in [2.45, 2.75) is 19.0 Å². The van der Waals surface area contributed by atoms with Gasteiger partial charge in [-0.3, -0.25) is 18.7 Å². The van der Waals surface area contributed by atoms with Gasteiger partial charge in [0.1, 0.15) is 16.8 Å². The number of amides is 2. The van der Waals surface area contributed by atoms with Crippen LogP contribution in [0.2, 0.25) is 0 Å². The minimum Gasteiger partial charge on any atom is -0.353 e. The Morgan fingerprint density at radius 1 is 1.24 bits per heavy atom. The van der Waals surface area contributed by atoms with E-state index in [1.165, 1.54) is 38.6 Å². The number of nitrogens with one attached hydrogen (secondary N) is 3. The molecule has 9 nitrogen and oxygen atoms in total. The number of benzene rings is 1. The molecule has 3 rings (SSSR count). The molecule has 0 aliphatic heterocycles. The Morgan fingerprint density at radius 3 is 2.52 bits per heavy atom. The summed E-state index contributed by atoms with van der Waals surface area (Å²) in [5, 5.41) is 5.43. The van der Waals surface area contributed by atoms with Crippen molar-refractivity contribution in [3.05, 3.63) is 41.6 Å². The second-order valence-corrected chi connectivity index (χ2v) is 8.65. The summed E-state index contributed by atoms with van der Waals surface area (Å²) in [7, 11) is 0.706. The van der Waals surface area contributed by atoms with Crippen molar-refractivity contribution in [3.63, 3.8) is 0 Å². The Hall–Kier alpha value is -3.19. The van der Waals surface area contributed by atoms with Crippen LogP contribution in [0.5, 0.6) is 0 Å². The van der Waals surface area contributed by atoms with Gasteiger partial charge < -0.3 is 10.6 Å². The smallest absolute Gasteiger partial charge is 0.353 e. The topological polar surface area (TPSA) is 113 Å². The van der Waals surface area contributed by atoms with Crippen LogP contribution in [0.15, 0.2) is 30.5 Å². The molecule has 1 aromatic carbocycles. The third kappa shape index (κ3) is 5.79. The predicted molar refractivity (Wildman–Crippen MR) is 117 cm³/mol. The normalized spacial score (nSPS) is 14.4. The maximum Gasteiger partial charge on any atom is 0.418 e. The van der Waals surface area contributed by atoms with Crippen LogP contribution < -0.4 is 20.4 Å². The Balaban J connectivity index is 2.08. The lowest BCUT2D eigenvalue weighted by Gasteiger charge is -2.25. The first kappa shape index (κ1) is 24.5. The summed E-state index contributed by atoms with van der Waals surface area (Å²) in [5.74, 6) is -0.941. The average molecular weight is 485 g/mol. The minimum atomic E-state index is -4.72. The summed E-state index contributed by atoms with van der Waals surface area (Å²) < 4.78 is 54.1. The van der Waals surface area contributed by atoms with Gasteiger partial charge in [0, 0.05) is 31.5 Å². The molecule has 1 aliphatic rings. The van der Waals surface area contributed by atoms with Crippen LogP contribution in [0.3, 0.4) is 0 Å². The molecule has 33 heavy (non-hydrogen) atoms. The number of hydrogen-bond acceptors (Lipinski definition) is 6. The molecule has 2 amide bonds. The van der Waals surface area contributed by atoms with Gasteiger partial charge in [-0.1, -0.05) is 6.07 Å². The molecule has 178 valence electrons. The number of hydrogen-bond donors (Lipinski definition) is 3. The molecule has 1 heterocycles. The zero-order valence-electron chi connectivity index (χ0n) is 17.9. The zero-order chi connectivity index (χ0) is 24.3. The first-order chi connectivity index (χ1) is 15.5. The second kappa shape index (κ2) is 9.75. The van der Waals surface area contributed by atoms with Gasteiger partial charge >= 0.3 is 6.18 Å². The fourth-order valence-electron chi connectivity index (χ4n) is 3.02. The molecule has 0 radical (unpaired) electrons. The van der Waals surface area contributed by atoms with Crippen LogP contribution in [0, 0.1) is 5.92 Å². The van der Waals surface area contributed by atoms with Crippen LogP contribution in [-0.2, 0) is 26.8 Å². The number of nitrogens with zero attached hydrogens (tertiary/aromatic N) is 2. The van der Waals surface area contributed by atoms with Crippen LogP contribution >= 0.6 is 0 Å². The summed E-state index contributed by atoms with van der Waals surface area (Å²) in [5.41, 5.74) is 0.692. The lowest BCUT2D eigenvalue weighted by Crippen LogP contribution is -2.25. The second-order valence-electron chi connectivity index (χ2n) is 7.26. The van der Waals surface area contributed by atoms with Crippen molar-refractivity contribution < 1.29 is 31.8 Å². The van der Waals surface area contributed by atoms with Gasteiger partial charge in [-0.15, -0.1) is 0 Å². The molecule has 1 atom stereocenters. The summed E-state index contributed by atoms with van der Waals surface area (Å²) >= 11 is 0. The van der Waals surface area contributed by atoms with Crippen molar-refractivity contribution in [1.82, 2.24) is 10.5 Å². The number of pyridine rings is 1. The number of anilines is 4. The average Bonchev–Trinajstić information content (AvgIpc) is 3.58. The van der Waals surface area contributed by atoms with E-state index in [4.69, 9.17) is 0 Å². The van der Waals surface area contributed by atoms with Crippen LogP contribution in [0.4, 0.5) is 36.1 Å². The number of carbonyl (C=O) groups excluding carboxylic acids is 2. The fourth-order valence-corrected chi connectivity index (χ4v) is 3.47. The highest BCUT2D eigenvalue weighted by Gasteiger charge is 2.36. The van der Waals surface area contributed by atoms with E-state index in [2.05, 4.69) is 25.9 Å². The van der Waals surface area contributed by atoms with Gasteiger partial charge in [-0.2, -0.15) is 13.2 Å². The largest absolute Gasteiger partial charge is 0.418 e. The van der Waals surface area contributed by atoms with E-state index in [1.807, 2.05) is 0 Å². The van der Waals surface area contributed by atoms with E-state index in [0.717, 1.165) is 29.4 Å². The molecule has 1 fully saturated rings. The van der Waals surface area contributed by atoms with Gasteiger partial charge in [-0.25, -0.2) is 14.7 Å². The van der Waals surface area contributed by atoms with E-state index in [0.29, 0.717) is 0 Å². The van der Waals surface area contributed by atoms with E-state index < -0.39 is 28.6 Å². The van der Waals surface area contributed by atoms with Crippen molar-refractivity contribution in [3.8, 4) is 0 Å². The molecule has 1 unspecified atom stereocenters. The van der Waals surface area contributed by atoms with Gasteiger partial charge in [0.2, 0.25) is 5.91 Å². The third-order valence-electron chi connectivity index (χ3n) is 4.85. The summed E-state index contributed by atoms with van der Waals surface area (Å²) in [4.78, 5) is 33.2. The van der Waals surface area contributed by atoms with Crippen molar-refractivity contribution >= 4 is 45.7 Å². The van der Waals surface area contributed by atoms with Gasteiger partial charge in [0.15, 0.2) is 0 Å². The minimum absolute atomic E-state index is 0.0510. The molecule has 2 aromatic rings. The van der Waals surface area contributed by atoms with Gasteiger partial charge in [0.05, 0.1) is 35.3 Å². The van der Waals surface area contributed by atoms with Crippen LogP contribution in [0.1, 0.15) is 28.8 Å². The predicted octanol–water partition coefficient (Wildman–Crippen LogP) is 3.21. The standard InChI is InChI=1S/C20H22F3N5O4S/c1-28(33(3)31)17-13(20(21,22)23)5-4-6-14(17)25-15-9-16(26-18(29)11-7-8-11)24-10-12(15)19(30)27-32-2/h4-6,9-11H,7-8H2,1-3H3,(H,27,30)(H2,24,25,26,29). The fraction of sp³-hybridized carbons (Fsp3) is 0.350. The Kier molecular flexibility index (Phi) is 7.22. The number of hydroxylamine groups is 1. The SMILES string of the molecule is CONC(=O)c1cnc(NC(=O)C2CC2)cc1Nc1cccc(C(F)(F)F)c1N(C)S(C)=O. The Bertz CT molecular complexity index is 1090. The third-order valence-corrected chi connectivity index (χ3v) is 5.81. The maximum absolute atomic E-state index is 13.7. The molecule has 1 saturated carbocycles. The van der Waals surface area contributed by atoms with Gasteiger partial charge in [0.25, 0.3) is 5.91 Å². The maximum atomic E-state index is 13.7. The number of carbonyl (C=O) groups is 2. The lowest BCUT2D eigenvalue weighted by atomic mass is 10.1. The monoisotopic (exact) mass is 485 g/mol.